The second-order valence-corrected chi connectivity index (χ2v) is 5.97. The first kappa shape index (κ1) is 16.1. The average Bonchev–Trinajstić information content (AvgIpc) is 2.43. The molecule has 0 saturated heterocycles. The van der Waals surface area contributed by atoms with Crippen molar-refractivity contribution in [2.24, 2.45) is 0 Å². The van der Waals surface area contributed by atoms with Gasteiger partial charge in [0.1, 0.15) is 0 Å². The van der Waals surface area contributed by atoms with Gasteiger partial charge in [-0.2, -0.15) is 4.98 Å². The minimum absolute atomic E-state index is 0.177. The highest BCUT2D eigenvalue weighted by Gasteiger charge is 2.19. The van der Waals surface area contributed by atoms with Gasteiger partial charge in [-0.3, -0.25) is 9.59 Å². The smallest absolute Gasteiger partial charge is 0.255 e. The van der Waals surface area contributed by atoms with E-state index in [1.54, 1.807) is 0 Å². The molecule has 1 aromatic heterocycles. The SMILES string of the molecule is CCC(Sc1nc(O)cc(=O)[nH]1)C(=O)Nc1cccc(C)c1. The van der Waals surface area contributed by atoms with Gasteiger partial charge in [0, 0.05) is 5.69 Å². The highest BCUT2D eigenvalue weighted by Crippen LogP contribution is 2.23. The molecule has 0 bridgehead atoms. The topological polar surface area (TPSA) is 95.1 Å². The molecule has 6 nitrogen and oxygen atoms in total. The second kappa shape index (κ2) is 7.13. The molecule has 3 N–H and O–H groups in total. The summed E-state index contributed by atoms with van der Waals surface area (Å²) in [7, 11) is 0. The molecular weight excluding hydrogens is 302 g/mol. The molecule has 2 rings (SSSR count). The summed E-state index contributed by atoms with van der Waals surface area (Å²) in [4.78, 5) is 29.9. The number of aromatic amines is 1. The molecule has 2 aromatic rings. The van der Waals surface area contributed by atoms with Gasteiger partial charge in [0.25, 0.3) is 5.56 Å². The maximum absolute atomic E-state index is 12.3. The molecule has 0 fully saturated rings. The molecule has 116 valence electrons. The summed E-state index contributed by atoms with van der Waals surface area (Å²) in [6, 6.07) is 8.49. The van der Waals surface area contributed by atoms with Crippen molar-refractivity contribution in [3.05, 3.63) is 46.2 Å². The molecule has 7 heteroatoms. The monoisotopic (exact) mass is 319 g/mol. The molecular formula is C15H17N3O3S. The number of aryl methyl sites for hydroxylation is 1. The summed E-state index contributed by atoms with van der Waals surface area (Å²) in [6.45, 7) is 3.82. The largest absolute Gasteiger partial charge is 0.493 e. The van der Waals surface area contributed by atoms with E-state index in [4.69, 9.17) is 0 Å². The molecule has 1 heterocycles. The normalized spacial score (nSPS) is 11.9. The number of carbonyl (C=O) groups is 1. The lowest BCUT2D eigenvalue weighted by atomic mass is 10.2. The summed E-state index contributed by atoms with van der Waals surface area (Å²) in [5, 5.41) is 12.0. The van der Waals surface area contributed by atoms with Crippen LogP contribution < -0.4 is 10.9 Å². The fraction of sp³-hybridized carbons (Fsp3) is 0.267. The number of aromatic hydroxyl groups is 1. The third-order valence-corrected chi connectivity index (χ3v) is 4.16. The first-order valence-electron chi connectivity index (χ1n) is 6.82. The zero-order valence-electron chi connectivity index (χ0n) is 12.3. The molecule has 1 unspecified atom stereocenters. The summed E-state index contributed by atoms with van der Waals surface area (Å²) < 4.78 is 0. The average molecular weight is 319 g/mol. The Bertz CT molecular complexity index is 730. The van der Waals surface area contributed by atoms with E-state index in [9.17, 15) is 14.7 Å². The van der Waals surface area contributed by atoms with Crippen molar-refractivity contribution >= 4 is 23.4 Å². The van der Waals surface area contributed by atoms with E-state index in [1.807, 2.05) is 38.1 Å². The standard InChI is InChI=1S/C15H17N3O3S/c1-3-11(22-15-17-12(19)8-13(20)18-15)14(21)16-10-6-4-5-9(2)7-10/h4-8,11H,3H2,1-2H3,(H,16,21)(H2,17,18,19,20). The first-order valence-corrected chi connectivity index (χ1v) is 7.70. The highest BCUT2D eigenvalue weighted by atomic mass is 32.2. The fourth-order valence-corrected chi connectivity index (χ4v) is 2.79. The van der Waals surface area contributed by atoms with Crippen LogP contribution in [0, 0.1) is 6.92 Å². The molecule has 22 heavy (non-hydrogen) atoms. The van der Waals surface area contributed by atoms with Crippen LogP contribution in [0.2, 0.25) is 0 Å². The Kier molecular flexibility index (Phi) is 5.21. The minimum Gasteiger partial charge on any atom is -0.493 e. The van der Waals surface area contributed by atoms with Crippen LogP contribution in [-0.2, 0) is 4.79 Å². The fourth-order valence-electron chi connectivity index (χ4n) is 1.88. The van der Waals surface area contributed by atoms with E-state index >= 15 is 0 Å². The number of carbonyl (C=O) groups excluding carboxylic acids is 1. The number of hydrogen-bond acceptors (Lipinski definition) is 5. The van der Waals surface area contributed by atoms with Crippen molar-refractivity contribution in [2.75, 3.05) is 5.32 Å². The van der Waals surface area contributed by atoms with Gasteiger partial charge < -0.3 is 15.4 Å². The molecule has 1 atom stereocenters. The van der Waals surface area contributed by atoms with Gasteiger partial charge in [-0.1, -0.05) is 30.8 Å². The number of nitrogens with one attached hydrogen (secondary N) is 2. The van der Waals surface area contributed by atoms with Crippen molar-refractivity contribution in [1.29, 1.82) is 0 Å². The summed E-state index contributed by atoms with van der Waals surface area (Å²) >= 11 is 1.11. The molecule has 1 aromatic carbocycles. The van der Waals surface area contributed by atoms with Crippen molar-refractivity contribution in [3.63, 3.8) is 0 Å². The number of thioether (sulfide) groups is 1. The third-order valence-electron chi connectivity index (χ3n) is 2.91. The van der Waals surface area contributed by atoms with E-state index in [0.717, 1.165) is 29.1 Å². The van der Waals surface area contributed by atoms with Gasteiger partial charge in [0.2, 0.25) is 11.8 Å². The van der Waals surface area contributed by atoms with E-state index in [2.05, 4.69) is 15.3 Å². The molecule has 0 spiro atoms. The van der Waals surface area contributed by atoms with Crippen LogP contribution in [0.25, 0.3) is 0 Å². The second-order valence-electron chi connectivity index (χ2n) is 4.78. The first-order chi connectivity index (χ1) is 10.5. The molecule has 1 amide bonds. The van der Waals surface area contributed by atoms with Crippen molar-refractivity contribution < 1.29 is 9.90 Å². The molecule has 0 radical (unpaired) electrons. The third kappa shape index (κ3) is 4.36. The molecule has 0 saturated carbocycles. The van der Waals surface area contributed by atoms with Crippen molar-refractivity contribution in [1.82, 2.24) is 9.97 Å². The number of nitrogens with zero attached hydrogens (tertiary/aromatic N) is 1. The maximum atomic E-state index is 12.3. The summed E-state index contributed by atoms with van der Waals surface area (Å²) in [5.41, 5.74) is 1.32. The lowest BCUT2D eigenvalue weighted by Crippen LogP contribution is -2.25. The number of amides is 1. The number of rotatable bonds is 5. The lowest BCUT2D eigenvalue weighted by molar-refractivity contribution is -0.115. The quantitative estimate of drug-likeness (QED) is 0.580. The van der Waals surface area contributed by atoms with E-state index in [-0.39, 0.29) is 16.9 Å². The Morgan fingerprint density at radius 3 is 2.86 bits per heavy atom. The zero-order chi connectivity index (χ0) is 16.1. The molecule has 0 aliphatic heterocycles. The highest BCUT2D eigenvalue weighted by molar-refractivity contribution is 8.00. The van der Waals surface area contributed by atoms with E-state index < -0.39 is 10.8 Å². The van der Waals surface area contributed by atoms with Gasteiger partial charge >= 0.3 is 0 Å². The van der Waals surface area contributed by atoms with Crippen LogP contribution in [0.15, 0.2) is 40.3 Å². The number of benzene rings is 1. The van der Waals surface area contributed by atoms with Crippen molar-refractivity contribution in [3.8, 4) is 5.88 Å². The van der Waals surface area contributed by atoms with Gasteiger partial charge in [-0.15, -0.1) is 0 Å². The van der Waals surface area contributed by atoms with Crippen molar-refractivity contribution in [2.45, 2.75) is 30.7 Å². The number of aromatic nitrogens is 2. The Labute approximate surface area is 132 Å². The maximum Gasteiger partial charge on any atom is 0.255 e. The van der Waals surface area contributed by atoms with E-state index in [0.29, 0.717) is 6.42 Å². The van der Waals surface area contributed by atoms with Crippen LogP contribution in [-0.4, -0.2) is 26.2 Å². The van der Waals surface area contributed by atoms with Crippen LogP contribution in [0.4, 0.5) is 5.69 Å². The van der Waals surface area contributed by atoms with Gasteiger partial charge in [0.15, 0.2) is 5.16 Å². The van der Waals surface area contributed by atoms with Crippen LogP contribution in [0.3, 0.4) is 0 Å². The Balaban J connectivity index is 2.10. The van der Waals surface area contributed by atoms with Gasteiger partial charge in [-0.05, 0) is 31.0 Å². The Morgan fingerprint density at radius 2 is 2.23 bits per heavy atom. The van der Waals surface area contributed by atoms with Crippen LogP contribution >= 0.6 is 11.8 Å². The molecule has 0 aliphatic carbocycles. The Morgan fingerprint density at radius 1 is 1.45 bits per heavy atom. The van der Waals surface area contributed by atoms with Crippen LogP contribution in [0.1, 0.15) is 18.9 Å². The minimum atomic E-state index is -0.455. The lowest BCUT2D eigenvalue weighted by Gasteiger charge is -2.14. The van der Waals surface area contributed by atoms with Gasteiger partial charge in [0.05, 0.1) is 11.3 Å². The number of anilines is 1. The summed E-state index contributed by atoms with van der Waals surface area (Å²) in [6.07, 6.45) is 0.557. The van der Waals surface area contributed by atoms with E-state index in [1.165, 1.54) is 0 Å². The predicted octanol–water partition coefficient (Wildman–Crippen LogP) is 2.29. The zero-order valence-corrected chi connectivity index (χ0v) is 13.1. The number of hydrogen-bond donors (Lipinski definition) is 3. The van der Waals surface area contributed by atoms with Gasteiger partial charge in [-0.25, -0.2) is 0 Å². The predicted molar refractivity (Wildman–Crippen MR) is 86.3 cm³/mol. The number of H-pyrrole nitrogens is 1. The summed E-state index contributed by atoms with van der Waals surface area (Å²) in [5.74, 6) is -0.538. The van der Waals surface area contributed by atoms with Crippen LogP contribution in [0.5, 0.6) is 5.88 Å². The molecule has 0 aliphatic rings. The Hall–Kier alpha value is -2.28.